The van der Waals surface area contributed by atoms with Gasteiger partial charge < -0.3 is 14.7 Å². The van der Waals surface area contributed by atoms with Gasteiger partial charge in [0, 0.05) is 13.5 Å². The van der Waals surface area contributed by atoms with Crippen LogP contribution in [0.3, 0.4) is 0 Å². The molecule has 0 radical (unpaired) electrons. The number of aliphatic carboxylic acids is 1. The Morgan fingerprint density at radius 1 is 1.47 bits per heavy atom. The number of methoxy groups -OCH3 is 1. The molecule has 19 heavy (non-hydrogen) atoms. The highest BCUT2D eigenvalue weighted by molar-refractivity contribution is 5.83. The number of halogens is 1. The molecule has 0 heterocycles. The minimum Gasteiger partial charge on any atom is -0.494 e. The number of carbonyl (C=O) groups excluding carboxylic acids is 1. The zero-order valence-electron chi connectivity index (χ0n) is 11.0. The third-order valence-electron chi connectivity index (χ3n) is 2.78. The van der Waals surface area contributed by atoms with Crippen molar-refractivity contribution in [1.82, 2.24) is 4.90 Å². The first-order valence-corrected chi connectivity index (χ1v) is 5.75. The highest BCUT2D eigenvalue weighted by Gasteiger charge is 2.29. The van der Waals surface area contributed by atoms with Gasteiger partial charge in [-0.3, -0.25) is 4.79 Å². The molecule has 0 saturated carbocycles. The summed E-state index contributed by atoms with van der Waals surface area (Å²) in [5.41, 5.74) is 0.197. The molecule has 0 saturated heterocycles. The van der Waals surface area contributed by atoms with Crippen LogP contribution in [-0.2, 0) is 9.59 Å². The summed E-state index contributed by atoms with van der Waals surface area (Å²) < 4.78 is 18.4. The molecule has 6 heteroatoms. The summed E-state index contributed by atoms with van der Waals surface area (Å²) in [6.45, 7) is 3.16. The minimum atomic E-state index is -1.21. The largest absolute Gasteiger partial charge is 0.494 e. The van der Waals surface area contributed by atoms with Crippen LogP contribution >= 0.6 is 0 Å². The van der Waals surface area contributed by atoms with E-state index in [4.69, 9.17) is 4.74 Å². The number of benzene rings is 1. The zero-order valence-corrected chi connectivity index (χ0v) is 11.0. The maximum Gasteiger partial charge on any atom is 0.331 e. The Bertz CT molecular complexity index is 490. The molecule has 1 amide bonds. The molecular formula is C13H16FNO4. The quantitative estimate of drug-likeness (QED) is 0.885. The van der Waals surface area contributed by atoms with Gasteiger partial charge in [-0.25, -0.2) is 9.18 Å². The predicted molar refractivity (Wildman–Crippen MR) is 66.4 cm³/mol. The van der Waals surface area contributed by atoms with Crippen molar-refractivity contribution in [3.63, 3.8) is 0 Å². The van der Waals surface area contributed by atoms with Gasteiger partial charge in [0.15, 0.2) is 17.6 Å². The monoisotopic (exact) mass is 269 g/mol. The lowest BCUT2D eigenvalue weighted by Gasteiger charge is -2.27. The predicted octanol–water partition coefficient (Wildman–Crippen LogP) is 1.83. The molecule has 0 bridgehead atoms. The number of hydrogen-bond acceptors (Lipinski definition) is 3. The van der Waals surface area contributed by atoms with Crippen LogP contribution in [0.2, 0.25) is 0 Å². The van der Waals surface area contributed by atoms with Crippen molar-refractivity contribution in [3.8, 4) is 5.75 Å². The number of likely N-dealkylation sites (N-methyl/N-ethyl adjacent to an activating group) is 1. The number of amides is 1. The van der Waals surface area contributed by atoms with Crippen LogP contribution in [0.4, 0.5) is 4.39 Å². The van der Waals surface area contributed by atoms with Crippen molar-refractivity contribution in [2.24, 2.45) is 0 Å². The molecule has 1 aromatic rings. The Morgan fingerprint density at radius 3 is 2.47 bits per heavy atom. The summed E-state index contributed by atoms with van der Waals surface area (Å²) in [6.07, 6.45) is 0. The van der Waals surface area contributed by atoms with E-state index in [1.807, 2.05) is 0 Å². The first-order valence-electron chi connectivity index (χ1n) is 5.75. The summed E-state index contributed by atoms with van der Waals surface area (Å²) in [4.78, 5) is 23.9. The van der Waals surface area contributed by atoms with Gasteiger partial charge in [-0.1, -0.05) is 6.07 Å². The molecule has 0 aliphatic heterocycles. The van der Waals surface area contributed by atoms with Gasteiger partial charge in [-0.15, -0.1) is 0 Å². The van der Waals surface area contributed by atoms with E-state index in [1.165, 1.54) is 26.2 Å². The summed E-state index contributed by atoms with van der Waals surface area (Å²) >= 11 is 0. The second-order valence-electron chi connectivity index (χ2n) is 3.94. The van der Waals surface area contributed by atoms with Crippen LogP contribution in [0.5, 0.6) is 5.75 Å². The minimum absolute atomic E-state index is 0.0266. The average molecular weight is 269 g/mol. The Kier molecular flexibility index (Phi) is 4.86. The summed E-state index contributed by atoms with van der Waals surface area (Å²) in [6, 6.07) is 2.65. The Balaban J connectivity index is 3.23. The van der Waals surface area contributed by atoms with E-state index in [9.17, 15) is 19.1 Å². The van der Waals surface area contributed by atoms with Crippen molar-refractivity contribution in [3.05, 3.63) is 29.6 Å². The van der Waals surface area contributed by atoms with Crippen molar-refractivity contribution >= 4 is 11.9 Å². The highest BCUT2D eigenvalue weighted by atomic mass is 19.1. The molecule has 0 aliphatic rings. The molecule has 1 aromatic carbocycles. The lowest BCUT2D eigenvalue weighted by Crippen LogP contribution is -2.37. The lowest BCUT2D eigenvalue weighted by atomic mass is 10.0. The third kappa shape index (κ3) is 3.21. The van der Waals surface area contributed by atoms with Crippen molar-refractivity contribution in [2.75, 3.05) is 13.7 Å². The Labute approximate surface area is 110 Å². The van der Waals surface area contributed by atoms with E-state index in [0.717, 1.165) is 11.0 Å². The molecule has 1 atom stereocenters. The first kappa shape index (κ1) is 14.9. The number of nitrogens with zero attached hydrogens (tertiary/aromatic N) is 1. The summed E-state index contributed by atoms with van der Waals surface area (Å²) in [5.74, 6) is -2.22. The van der Waals surface area contributed by atoms with Gasteiger partial charge in [0.25, 0.3) is 0 Å². The number of carbonyl (C=O) groups is 2. The maximum absolute atomic E-state index is 13.6. The summed E-state index contributed by atoms with van der Waals surface area (Å²) in [7, 11) is 1.32. The van der Waals surface area contributed by atoms with Gasteiger partial charge in [0.1, 0.15) is 0 Å². The molecule has 104 valence electrons. The van der Waals surface area contributed by atoms with E-state index in [2.05, 4.69) is 0 Å². The molecular weight excluding hydrogens is 253 g/mol. The second kappa shape index (κ2) is 6.17. The normalized spacial score (nSPS) is 11.8. The van der Waals surface area contributed by atoms with E-state index < -0.39 is 17.8 Å². The van der Waals surface area contributed by atoms with Gasteiger partial charge in [0.2, 0.25) is 5.91 Å². The average Bonchev–Trinajstić information content (AvgIpc) is 2.34. The SMILES string of the molecule is CCN(C(C)=O)C(C(=O)O)c1ccc(OC)c(F)c1. The van der Waals surface area contributed by atoms with Gasteiger partial charge in [-0.05, 0) is 24.6 Å². The standard InChI is InChI=1S/C13H16FNO4/c1-4-15(8(2)16)12(13(17)18)9-5-6-11(19-3)10(14)7-9/h5-7,12H,4H2,1-3H3,(H,17,18). The van der Waals surface area contributed by atoms with Crippen molar-refractivity contribution in [1.29, 1.82) is 0 Å². The molecule has 0 aliphatic carbocycles. The third-order valence-corrected chi connectivity index (χ3v) is 2.78. The van der Waals surface area contributed by atoms with Crippen LogP contribution in [0.15, 0.2) is 18.2 Å². The molecule has 0 aromatic heterocycles. The lowest BCUT2D eigenvalue weighted by molar-refractivity contribution is -0.149. The smallest absolute Gasteiger partial charge is 0.331 e. The van der Waals surface area contributed by atoms with Gasteiger partial charge in [-0.2, -0.15) is 0 Å². The van der Waals surface area contributed by atoms with Crippen LogP contribution in [0.25, 0.3) is 0 Å². The number of hydrogen-bond donors (Lipinski definition) is 1. The van der Waals surface area contributed by atoms with Crippen LogP contribution in [0, 0.1) is 5.82 Å². The van der Waals surface area contributed by atoms with E-state index in [0.29, 0.717) is 0 Å². The topological polar surface area (TPSA) is 66.8 Å². The first-order chi connectivity index (χ1) is 8.92. The maximum atomic E-state index is 13.6. The zero-order chi connectivity index (χ0) is 14.6. The molecule has 5 nitrogen and oxygen atoms in total. The second-order valence-corrected chi connectivity index (χ2v) is 3.94. The molecule has 1 N–H and O–H groups in total. The van der Waals surface area contributed by atoms with Gasteiger partial charge in [0.05, 0.1) is 7.11 Å². The Morgan fingerprint density at radius 2 is 2.11 bits per heavy atom. The highest BCUT2D eigenvalue weighted by Crippen LogP contribution is 2.26. The van der Waals surface area contributed by atoms with Crippen molar-refractivity contribution < 1.29 is 23.8 Å². The van der Waals surface area contributed by atoms with E-state index >= 15 is 0 Å². The number of carboxylic acids is 1. The Hall–Kier alpha value is -2.11. The summed E-state index contributed by atoms with van der Waals surface area (Å²) in [5, 5.41) is 9.25. The molecule has 0 fully saturated rings. The van der Waals surface area contributed by atoms with Crippen LogP contribution in [0.1, 0.15) is 25.5 Å². The fourth-order valence-electron chi connectivity index (χ4n) is 1.90. The van der Waals surface area contributed by atoms with Gasteiger partial charge >= 0.3 is 5.97 Å². The van der Waals surface area contributed by atoms with Crippen LogP contribution in [-0.4, -0.2) is 35.5 Å². The van der Waals surface area contributed by atoms with Crippen molar-refractivity contribution in [2.45, 2.75) is 19.9 Å². The van der Waals surface area contributed by atoms with E-state index in [-0.39, 0.29) is 23.8 Å². The fraction of sp³-hybridized carbons (Fsp3) is 0.385. The number of ether oxygens (including phenoxy) is 1. The van der Waals surface area contributed by atoms with E-state index in [1.54, 1.807) is 6.92 Å². The fourth-order valence-corrected chi connectivity index (χ4v) is 1.90. The molecule has 0 spiro atoms. The number of carboxylic acid groups (broad SMARTS) is 1. The number of rotatable bonds is 5. The van der Waals surface area contributed by atoms with Crippen LogP contribution < -0.4 is 4.74 Å². The molecule has 1 rings (SSSR count). The molecule has 1 unspecified atom stereocenters.